The first-order chi connectivity index (χ1) is 11.1. The molecule has 119 valence electrons. The molecule has 1 N–H and O–H groups in total. The van der Waals surface area contributed by atoms with E-state index in [1.807, 2.05) is 50.5 Å². The first-order valence-electron chi connectivity index (χ1n) is 7.60. The molecule has 0 unspecified atom stereocenters. The molecule has 4 heteroatoms. The molecule has 0 spiro atoms. The van der Waals surface area contributed by atoms with Gasteiger partial charge in [0.05, 0.1) is 6.04 Å². The number of rotatable bonds is 7. The number of hydrogen-bond donors (Lipinski definition) is 1. The van der Waals surface area contributed by atoms with Crippen LogP contribution >= 0.6 is 0 Å². The van der Waals surface area contributed by atoms with E-state index >= 15 is 0 Å². The van der Waals surface area contributed by atoms with Crippen molar-refractivity contribution < 1.29 is 14.3 Å². The zero-order valence-corrected chi connectivity index (χ0v) is 13.3. The Kier molecular flexibility index (Phi) is 5.92. The zero-order chi connectivity index (χ0) is 16.7. The molecule has 2 aromatic carbocycles. The van der Waals surface area contributed by atoms with E-state index in [0.717, 1.165) is 5.75 Å². The summed E-state index contributed by atoms with van der Waals surface area (Å²) in [5.41, 5.74) is 0.481. The molecule has 0 fully saturated rings. The van der Waals surface area contributed by atoms with Gasteiger partial charge in [0, 0.05) is 5.56 Å². The minimum absolute atomic E-state index is 0.287. The van der Waals surface area contributed by atoms with Crippen molar-refractivity contribution in [3.05, 3.63) is 60.2 Å². The molecule has 0 saturated carbocycles. The maximum absolute atomic E-state index is 12.1. The molecule has 0 aliphatic rings. The monoisotopic (exact) mass is 310 g/mol. The van der Waals surface area contributed by atoms with Gasteiger partial charge >= 0.3 is 0 Å². The Labute approximate surface area is 136 Å². The summed E-state index contributed by atoms with van der Waals surface area (Å²) in [6.45, 7) is 3.98. The summed E-state index contributed by atoms with van der Waals surface area (Å²) < 4.78 is 5.67. The third-order valence-corrected chi connectivity index (χ3v) is 3.25. The van der Waals surface area contributed by atoms with E-state index in [9.17, 15) is 9.59 Å². The van der Waals surface area contributed by atoms with Crippen LogP contribution in [-0.2, 0) is 4.79 Å². The lowest BCUT2D eigenvalue weighted by Crippen LogP contribution is -2.36. The molecular weight excluding hydrogens is 290 g/mol. The normalized spacial score (nSPS) is 11.8. The molecule has 0 aliphatic carbocycles. The molecule has 2 rings (SSSR count). The fraction of sp³-hybridized carbons (Fsp3) is 0.263. The minimum Gasteiger partial charge on any atom is -0.457 e. The summed E-state index contributed by atoms with van der Waals surface area (Å²) >= 11 is 0. The van der Waals surface area contributed by atoms with Crippen molar-refractivity contribution in [2.24, 2.45) is 5.92 Å². The first kappa shape index (κ1) is 16.7. The molecule has 23 heavy (non-hydrogen) atoms. The maximum Gasteiger partial charge on any atom is 0.251 e. The van der Waals surface area contributed by atoms with E-state index in [1.165, 1.54) is 0 Å². The topological polar surface area (TPSA) is 55.4 Å². The quantitative estimate of drug-likeness (QED) is 0.847. The predicted molar refractivity (Wildman–Crippen MR) is 89.4 cm³/mol. The largest absolute Gasteiger partial charge is 0.457 e. The van der Waals surface area contributed by atoms with Gasteiger partial charge < -0.3 is 10.1 Å². The van der Waals surface area contributed by atoms with Crippen molar-refractivity contribution in [2.75, 3.05) is 0 Å². The number of carbonyl (C=O) groups is 1. The van der Waals surface area contributed by atoms with Crippen LogP contribution in [-0.4, -0.2) is 18.2 Å². The summed E-state index contributed by atoms with van der Waals surface area (Å²) in [4.78, 5) is 23.0. The molecule has 0 heterocycles. The van der Waals surface area contributed by atoms with Crippen LogP contribution in [0.25, 0.3) is 0 Å². The van der Waals surface area contributed by atoms with E-state index < -0.39 is 6.04 Å². The third kappa shape index (κ3) is 5.25. The molecular formula is C19H20NO3. The van der Waals surface area contributed by atoms with Crippen LogP contribution in [0.3, 0.4) is 0 Å². The highest BCUT2D eigenvalue weighted by Gasteiger charge is 2.15. The van der Waals surface area contributed by atoms with Crippen LogP contribution in [0.4, 0.5) is 0 Å². The number of benzene rings is 2. The summed E-state index contributed by atoms with van der Waals surface area (Å²) in [7, 11) is 0. The van der Waals surface area contributed by atoms with Crippen LogP contribution in [0.2, 0.25) is 0 Å². The SMILES string of the molecule is CC(C)C[C@@H]([C]=O)NC(=O)c1ccc(Oc2ccccc2)cc1. The van der Waals surface area contributed by atoms with Crippen LogP contribution < -0.4 is 10.1 Å². The molecule has 0 bridgehead atoms. The van der Waals surface area contributed by atoms with E-state index in [2.05, 4.69) is 5.32 Å². The van der Waals surface area contributed by atoms with Gasteiger partial charge in [0.1, 0.15) is 11.5 Å². The van der Waals surface area contributed by atoms with Gasteiger partial charge in [0.15, 0.2) is 0 Å². The van der Waals surface area contributed by atoms with Crippen molar-refractivity contribution in [3.63, 3.8) is 0 Å². The Balaban J connectivity index is 1.98. The van der Waals surface area contributed by atoms with Gasteiger partial charge in [0.25, 0.3) is 5.91 Å². The van der Waals surface area contributed by atoms with Crippen molar-refractivity contribution in [1.82, 2.24) is 5.32 Å². The highest BCUT2D eigenvalue weighted by atomic mass is 16.5. The summed E-state index contributed by atoms with van der Waals surface area (Å²) in [5, 5.41) is 2.68. The molecule has 4 nitrogen and oxygen atoms in total. The molecule has 1 radical (unpaired) electrons. The first-order valence-corrected chi connectivity index (χ1v) is 7.60. The highest BCUT2D eigenvalue weighted by Crippen LogP contribution is 2.21. The number of amides is 1. The molecule has 2 aromatic rings. The van der Waals surface area contributed by atoms with Crippen molar-refractivity contribution in [3.8, 4) is 11.5 Å². The van der Waals surface area contributed by atoms with Gasteiger partial charge in [-0.05, 0) is 48.7 Å². The summed E-state index contributed by atoms with van der Waals surface area (Å²) in [5.74, 6) is 1.40. The smallest absolute Gasteiger partial charge is 0.251 e. The summed E-state index contributed by atoms with van der Waals surface area (Å²) in [6.07, 6.45) is 2.45. The third-order valence-electron chi connectivity index (χ3n) is 3.25. The van der Waals surface area contributed by atoms with E-state index in [0.29, 0.717) is 23.7 Å². The lowest BCUT2D eigenvalue weighted by molar-refractivity contribution is 0.0943. The number of nitrogens with one attached hydrogen (secondary N) is 1. The molecule has 0 aliphatic heterocycles. The number of ether oxygens (including phenoxy) is 1. The number of para-hydroxylation sites is 1. The molecule has 0 saturated heterocycles. The van der Waals surface area contributed by atoms with Gasteiger partial charge in [-0.15, -0.1) is 0 Å². The second kappa shape index (κ2) is 8.13. The fourth-order valence-corrected chi connectivity index (χ4v) is 2.15. The standard InChI is InChI=1S/C19H20NO3/c1-14(2)12-16(13-21)20-19(22)15-8-10-18(11-9-15)23-17-6-4-3-5-7-17/h3-11,14,16H,12H2,1-2H3,(H,20,22)/t16-/m0/s1. The Morgan fingerprint density at radius 2 is 1.65 bits per heavy atom. The van der Waals surface area contributed by atoms with E-state index in [1.54, 1.807) is 24.3 Å². The van der Waals surface area contributed by atoms with Gasteiger partial charge in [-0.2, -0.15) is 0 Å². The predicted octanol–water partition coefficient (Wildman–Crippen LogP) is 3.73. The fourth-order valence-electron chi connectivity index (χ4n) is 2.15. The molecule has 1 atom stereocenters. The Hall–Kier alpha value is -2.62. The Morgan fingerprint density at radius 1 is 1.04 bits per heavy atom. The van der Waals surface area contributed by atoms with Crippen molar-refractivity contribution in [2.45, 2.75) is 26.3 Å². The van der Waals surface area contributed by atoms with Crippen LogP contribution in [0.5, 0.6) is 11.5 Å². The van der Waals surface area contributed by atoms with Crippen LogP contribution in [0.1, 0.15) is 30.6 Å². The summed E-state index contributed by atoms with van der Waals surface area (Å²) in [6, 6.07) is 15.6. The van der Waals surface area contributed by atoms with E-state index in [4.69, 9.17) is 4.74 Å². The Bertz CT molecular complexity index is 635. The lowest BCUT2D eigenvalue weighted by Gasteiger charge is -2.14. The van der Waals surface area contributed by atoms with Gasteiger partial charge in [0.2, 0.25) is 6.29 Å². The zero-order valence-electron chi connectivity index (χ0n) is 13.3. The van der Waals surface area contributed by atoms with Crippen molar-refractivity contribution in [1.29, 1.82) is 0 Å². The maximum atomic E-state index is 12.1. The Morgan fingerprint density at radius 3 is 2.22 bits per heavy atom. The molecule has 1 amide bonds. The minimum atomic E-state index is -0.581. The van der Waals surface area contributed by atoms with Crippen LogP contribution in [0, 0.1) is 5.92 Å². The average molecular weight is 310 g/mol. The average Bonchev–Trinajstić information content (AvgIpc) is 2.55. The number of carbonyl (C=O) groups excluding carboxylic acids is 2. The number of hydrogen-bond acceptors (Lipinski definition) is 3. The second-order valence-corrected chi connectivity index (χ2v) is 5.71. The van der Waals surface area contributed by atoms with Gasteiger partial charge in [-0.1, -0.05) is 32.0 Å². The van der Waals surface area contributed by atoms with Gasteiger partial charge in [-0.25, -0.2) is 0 Å². The van der Waals surface area contributed by atoms with Gasteiger partial charge in [-0.3, -0.25) is 9.59 Å². The highest BCUT2D eigenvalue weighted by molar-refractivity contribution is 5.95. The second-order valence-electron chi connectivity index (χ2n) is 5.71. The van der Waals surface area contributed by atoms with E-state index in [-0.39, 0.29) is 5.91 Å². The lowest BCUT2D eigenvalue weighted by atomic mass is 10.0. The van der Waals surface area contributed by atoms with Crippen LogP contribution in [0.15, 0.2) is 54.6 Å². The molecule has 0 aromatic heterocycles. The van der Waals surface area contributed by atoms with Crippen molar-refractivity contribution >= 4 is 12.2 Å².